The minimum absolute atomic E-state index is 0.260. The Morgan fingerprint density at radius 1 is 0.743 bits per heavy atom. The lowest BCUT2D eigenvalue weighted by Crippen LogP contribution is -2.50. The highest BCUT2D eigenvalue weighted by atomic mass is 28.4. The Morgan fingerprint density at radius 2 is 1.23 bits per heavy atom. The number of benzene rings is 1. The number of allylic oxidation sites excluding steroid dienone is 2. The molecule has 0 bridgehead atoms. The lowest BCUT2D eigenvalue weighted by Gasteiger charge is -2.42. The van der Waals surface area contributed by atoms with E-state index in [-0.39, 0.29) is 5.75 Å². The summed E-state index contributed by atoms with van der Waals surface area (Å²) < 4.78 is 12.4. The smallest absolute Gasteiger partial charge is 0.258 e. The van der Waals surface area contributed by atoms with Gasteiger partial charge >= 0.3 is 0 Å². The van der Waals surface area contributed by atoms with Gasteiger partial charge in [-0.1, -0.05) is 106 Å². The van der Waals surface area contributed by atoms with E-state index in [2.05, 4.69) is 60.6 Å². The molecule has 0 radical (unpaired) electrons. The third-order valence-corrected chi connectivity index (χ3v) is 13.6. The third kappa shape index (κ3) is 9.86. The Kier molecular flexibility index (Phi) is 15.4. The number of methoxy groups -OCH3 is 1. The van der Waals surface area contributed by atoms with E-state index in [0.29, 0.717) is 22.4 Å². The summed E-state index contributed by atoms with van der Waals surface area (Å²) in [4.78, 5) is 0. The van der Waals surface area contributed by atoms with Gasteiger partial charge in [0.1, 0.15) is 5.75 Å². The van der Waals surface area contributed by atoms with Crippen LogP contribution in [0.2, 0.25) is 16.6 Å². The first kappa shape index (κ1) is 31.6. The van der Waals surface area contributed by atoms with Gasteiger partial charge in [-0.3, -0.25) is 0 Å². The third-order valence-electron chi connectivity index (χ3n) is 7.61. The summed E-state index contributed by atoms with van der Waals surface area (Å²) in [6.07, 6.45) is 19.4. The second kappa shape index (κ2) is 17.1. The molecular weight excluding hydrogens is 448 g/mol. The number of unbranched alkanes of at least 4 members (excludes halogenated alkanes) is 9. The minimum atomic E-state index is -2.09. The predicted octanol–water partition coefficient (Wildman–Crippen LogP) is 10.4. The largest absolute Gasteiger partial charge is 0.542 e. The van der Waals surface area contributed by atoms with Gasteiger partial charge in [0.15, 0.2) is 11.5 Å². The van der Waals surface area contributed by atoms with Crippen molar-refractivity contribution in [1.82, 2.24) is 0 Å². The summed E-state index contributed by atoms with van der Waals surface area (Å²) >= 11 is 0. The van der Waals surface area contributed by atoms with Crippen molar-refractivity contribution in [2.75, 3.05) is 7.11 Å². The summed E-state index contributed by atoms with van der Waals surface area (Å²) in [5, 5.41) is 11.0. The van der Waals surface area contributed by atoms with Crippen molar-refractivity contribution in [3.8, 4) is 17.2 Å². The van der Waals surface area contributed by atoms with Crippen LogP contribution in [-0.4, -0.2) is 20.5 Å². The summed E-state index contributed by atoms with van der Waals surface area (Å²) in [5.74, 6) is 1.68. The van der Waals surface area contributed by atoms with Crippen molar-refractivity contribution in [2.24, 2.45) is 0 Å². The maximum atomic E-state index is 11.0. The molecule has 1 N–H and O–H groups in total. The highest BCUT2D eigenvalue weighted by Gasteiger charge is 2.47. The van der Waals surface area contributed by atoms with Crippen molar-refractivity contribution in [2.45, 2.75) is 142 Å². The fourth-order valence-electron chi connectivity index (χ4n) is 5.65. The van der Waals surface area contributed by atoms with Crippen LogP contribution in [0.1, 0.15) is 125 Å². The average Bonchev–Trinajstić information content (AvgIpc) is 2.81. The molecule has 0 aliphatic heterocycles. The average molecular weight is 505 g/mol. The highest BCUT2D eigenvalue weighted by molar-refractivity contribution is 6.78. The van der Waals surface area contributed by atoms with E-state index in [0.717, 1.165) is 24.2 Å². The van der Waals surface area contributed by atoms with Crippen LogP contribution in [0.5, 0.6) is 17.2 Å². The van der Waals surface area contributed by atoms with Crippen molar-refractivity contribution < 1.29 is 14.3 Å². The van der Waals surface area contributed by atoms with E-state index in [1.54, 1.807) is 7.11 Å². The van der Waals surface area contributed by atoms with Crippen LogP contribution >= 0.6 is 0 Å². The quantitative estimate of drug-likeness (QED) is 0.116. The summed E-state index contributed by atoms with van der Waals surface area (Å²) in [7, 11) is -0.472. The zero-order valence-electron chi connectivity index (χ0n) is 24.3. The van der Waals surface area contributed by atoms with Gasteiger partial charge in [-0.2, -0.15) is 0 Å². The first-order valence-electron chi connectivity index (χ1n) is 14.4. The monoisotopic (exact) mass is 504 g/mol. The van der Waals surface area contributed by atoms with Crippen LogP contribution in [0, 0.1) is 0 Å². The molecule has 1 rings (SSSR count). The van der Waals surface area contributed by atoms with E-state index in [1.165, 1.54) is 64.2 Å². The second-order valence-electron chi connectivity index (χ2n) is 11.1. The van der Waals surface area contributed by atoms with Crippen molar-refractivity contribution in [1.29, 1.82) is 0 Å². The molecule has 0 aromatic heterocycles. The van der Waals surface area contributed by atoms with Crippen LogP contribution in [0.4, 0.5) is 0 Å². The topological polar surface area (TPSA) is 38.7 Å². The van der Waals surface area contributed by atoms with Crippen LogP contribution < -0.4 is 9.16 Å². The molecule has 4 heteroatoms. The Labute approximate surface area is 218 Å². The Hall–Kier alpha value is -1.42. The fourth-order valence-corrected chi connectivity index (χ4v) is 10.9. The normalized spacial score (nSPS) is 12.4. The maximum Gasteiger partial charge on any atom is 0.258 e. The number of hydrogen-bond acceptors (Lipinski definition) is 3. The Bertz CT molecular complexity index is 702. The molecule has 202 valence electrons. The molecule has 0 fully saturated rings. The molecule has 0 unspecified atom stereocenters. The molecule has 1 aromatic rings. The van der Waals surface area contributed by atoms with Gasteiger partial charge in [0.2, 0.25) is 0 Å². The second-order valence-corrected chi connectivity index (χ2v) is 16.5. The summed E-state index contributed by atoms with van der Waals surface area (Å²) in [6, 6.07) is 3.88. The molecule has 0 heterocycles. The van der Waals surface area contributed by atoms with Gasteiger partial charge in [-0.25, -0.2) is 0 Å². The molecule has 0 saturated carbocycles. The van der Waals surface area contributed by atoms with Gasteiger partial charge in [0, 0.05) is 5.56 Å². The maximum absolute atomic E-state index is 11.0. The molecule has 0 atom stereocenters. The number of phenols is 1. The molecule has 0 aliphatic rings. The van der Waals surface area contributed by atoms with Gasteiger partial charge in [0.05, 0.1) is 7.11 Å². The first-order chi connectivity index (χ1) is 16.7. The van der Waals surface area contributed by atoms with Gasteiger partial charge in [-0.05, 0) is 60.9 Å². The molecule has 0 aliphatic carbocycles. The number of rotatable bonds is 19. The molecule has 0 saturated heterocycles. The van der Waals surface area contributed by atoms with Crippen molar-refractivity contribution >= 4 is 8.32 Å². The van der Waals surface area contributed by atoms with E-state index in [9.17, 15) is 5.11 Å². The predicted molar refractivity (Wildman–Crippen MR) is 156 cm³/mol. The van der Waals surface area contributed by atoms with E-state index in [4.69, 9.17) is 9.16 Å². The number of ether oxygens (including phenoxy) is 1. The standard InChI is InChI=1S/C31H56O3Si/c1-9-10-11-12-13-14-15-16-17-18-19-20-21-22-28-29(23-24-30(33-8)31(28)32)34-35(25(2)3,26(4)5)27(6)7/h12-13,23-27,32H,9-11,14-22H2,1-8H3/b13-12-. The molecular formula is C31H56O3Si. The fraction of sp³-hybridized carbons (Fsp3) is 0.742. The number of phenolic OH excluding ortho intramolecular Hbond substituents is 1. The van der Waals surface area contributed by atoms with Gasteiger partial charge in [0.25, 0.3) is 8.32 Å². The van der Waals surface area contributed by atoms with E-state index < -0.39 is 8.32 Å². The van der Waals surface area contributed by atoms with E-state index >= 15 is 0 Å². The Morgan fingerprint density at radius 3 is 1.74 bits per heavy atom. The van der Waals surface area contributed by atoms with Crippen LogP contribution in [-0.2, 0) is 6.42 Å². The van der Waals surface area contributed by atoms with Gasteiger partial charge < -0.3 is 14.3 Å². The number of aromatic hydroxyl groups is 1. The molecule has 0 spiro atoms. The van der Waals surface area contributed by atoms with Crippen LogP contribution in [0.15, 0.2) is 24.3 Å². The Balaban J connectivity index is 2.65. The minimum Gasteiger partial charge on any atom is -0.542 e. The zero-order valence-corrected chi connectivity index (χ0v) is 25.3. The highest BCUT2D eigenvalue weighted by Crippen LogP contribution is 2.46. The molecule has 3 nitrogen and oxygen atoms in total. The molecule has 35 heavy (non-hydrogen) atoms. The summed E-state index contributed by atoms with van der Waals surface area (Å²) in [6.45, 7) is 16.1. The first-order valence-corrected chi connectivity index (χ1v) is 16.6. The van der Waals surface area contributed by atoms with Crippen molar-refractivity contribution in [3.05, 3.63) is 29.8 Å². The van der Waals surface area contributed by atoms with E-state index in [1.807, 2.05) is 12.1 Å². The van der Waals surface area contributed by atoms with Crippen LogP contribution in [0.3, 0.4) is 0 Å². The summed E-state index contributed by atoms with van der Waals surface area (Å²) in [5.41, 5.74) is 2.40. The number of hydrogen-bond donors (Lipinski definition) is 1. The molecule has 1 aromatic carbocycles. The molecule has 0 amide bonds. The van der Waals surface area contributed by atoms with Gasteiger partial charge in [-0.15, -0.1) is 0 Å². The lowest BCUT2D eigenvalue weighted by atomic mass is 10.0. The van der Waals surface area contributed by atoms with Crippen LogP contribution in [0.25, 0.3) is 0 Å². The van der Waals surface area contributed by atoms with Crippen molar-refractivity contribution in [3.63, 3.8) is 0 Å². The SMILES string of the molecule is CCCC/C=C\CCCCCCCCCc1c(O[Si](C(C)C)(C(C)C)C(C)C)ccc(OC)c1O. The zero-order chi connectivity index (χ0) is 26.3. The lowest BCUT2D eigenvalue weighted by molar-refractivity contribution is 0.366.